The molecule has 0 bridgehead atoms. The van der Waals surface area contributed by atoms with Crippen LogP contribution in [0.25, 0.3) is 22.0 Å². The van der Waals surface area contributed by atoms with E-state index in [1.54, 1.807) is 24.3 Å². The van der Waals surface area contributed by atoms with E-state index in [0.717, 1.165) is 38.7 Å². The molecule has 5 aromatic rings. The van der Waals surface area contributed by atoms with Crippen molar-refractivity contribution in [1.29, 1.82) is 0 Å². The largest absolute Gasteiger partial charge is 0.573 e. The van der Waals surface area contributed by atoms with Gasteiger partial charge in [-0.25, -0.2) is 0 Å². The van der Waals surface area contributed by atoms with Gasteiger partial charge in [0.15, 0.2) is 0 Å². The van der Waals surface area contributed by atoms with Crippen LogP contribution in [0.15, 0.2) is 103 Å². The number of rotatable bonds is 10. The van der Waals surface area contributed by atoms with Crippen molar-refractivity contribution in [3.05, 3.63) is 126 Å². The maximum absolute atomic E-state index is 12.6. The third-order valence-corrected chi connectivity index (χ3v) is 7.45. The number of aliphatic carboxylic acids is 1. The predicted octanol–water partition coefficient (Wildman–Crippen LogP) is 7.87. The number of halogens is 3. The summed E-state index contributed by atoms with van der Waals surface area (Å²) >= 11 is 0. The maximum atomic E-state index is 12.6. The van der Waals surface area contributed by atoms with Gasteiger partial charge in [-0.2, -0.15) is 0 Å². The van der Waals surface area contributed by atoms with Crippen molar-refractivity contribution in [3.63, 3.8) is 0 Å². The van der Waals surface area contributed by atoms with E-state index in [1.807, 2.05) is 60.8 Å². The molecule has 0 saturated carbocycles. The Morgan fingerprint density at radius 3 is 2.30 bits per heavy atom. The molecule has 43 heavy (non-hydrogen) atoms. The van der Waals surface area contributed by atoms with Crippen LogP contribution in [0, 0.1) is 0 Å². The molecule has 0 aliphatic rings. The second-order valence-corrected chi connectivity index (χ2v) is 10.3. The van der Waals surface area contributed by atoms with Crippen LogP contribution in [-0.4, -0.2) is 34.9 Å². The van der Waals surface area contributed by atoms with Gasteiger partial charge in [-0.05, 0) is 64.1 Å². The summed E-state index contributed by atoms with van der Waals surface area (Å²) in [7, 11) is 0. The predicted molar refractivity (Wildman–Crippen MR) is 158 cm³/mol. The molecular weight excluding hydrogens is 557 g/mol. The fourth-order valence-electron chi connectivity index (χ4n) is 5.37. The summed E-state index contributed by atoms with van der Waals surface area (Å²) < 4.78 is 41.9. The van der Waals surface area contributed by atoms with Crippen LogP contribution in [0.2, 0.25) is 0 Å². The van der Waals surface area contributed by atoms with Gasteiger partial charge in [0.25, 0.3) is 5.91 Å². The lowest BCUT2D eigenvalue weighted by Gasteiger charge is -2.26. The Kier molecular flexibility index (Phi) is 8.52. The number of carboxylic acids is 1. The van der Waals surface area contributed by atoms with Gasteiger partial charge in [0, 0.05) is 35.1 Å². The minimum atomic E-state index is -4.76. The quantitative estimate of drug-likeness (QED) is 0.155. The van der Waals surface area contributed by atoms with Crippen LogP contribution >= 0.6 is 0 Å². The maximum Gasteiger partial charge on any atom is 0.573 e. The lowest BCUT2D eigenvalue weighted by Crippen LogP contribution is -2.26. The van der Waals surface area contributed by atoms with E-state index in [-0.39, 0.29) is 36.5 Å². The third-order valence-electron chi connectivity index (χ3n) is 7.45. The topological polar surface area (TPSA) is 91.4 Å². The monoisotopic (exact) mass is 586 g/mol. The van der Waals surface area contributed by atoms with Gasteiger partial charge in [0.2, 0.25) is 0 Å². The number of nitrogens with one attached hydrogen (secondary N) is 2. The molecule has 4 aromatic carbocycles. The first-order chi connectivity index (χ1) is 20.6. The number of para-hydroxylation sites is 1. The molecule has 2 atom stereocenters. The minimum absolute atomic E-state index is 0.0406. The van der Waals surface area contributed by atoms with Crippen LogP contribution in [0.4, 0.5) is 13.2 Å². The van der Waals surface area contributed by atoms with Crippen molar-refractivity contribution in [1.82, 2.24) is 10.3 Å². The van der Waals surface area contributed by atoms with Crippen molar-refractivity contribution in [2.75, 3.05) is 6.54 Å². The number of benzene rings is 4. The molecule has 5 rings (SSSR count). The molecule has 1 heterocycles. The van der Waals surface area contributed by atoms with Crippen LogP contribution < -0.4 is 10.1 Å². The van der Waals surface area contributed by atoms with Crippen molar-refractivity contribution in [3.8, 4) is 16.9 Å². The molecule has 1 aromatic heterocycles. The zero-order valence-electron chi connectivity index (χ0n) is 23.2. The molecule has 0 saturated heterocycles. The van der Waals surface area contributed by atoms with Gasteiger partial charge in [0.1, 0.15) is 5.75 Å². The van der Waals surface area contributed by atoms with Crippen LogP contribution in [0.3, 0.4) is 0 Å². The van der Waals surface area contributed by atoms with E-state index in [9.17, 15) is 22.8 Å². The zero-order valence-corrected chi connectivity index (χ0v) is 23.2. The highest BCUT2D eigenvalue weighted by molar-refractivity contribution is 5.94. The van der Waals surface area contributed by atoms with Crippen molar-refractivity contribution < 1.29 is 32.6 Å². The Balaban J connectivity index is 1.48. The fourth-order valence-corrected chi connectivity index (χ4v) is 5.37. The summed E-state index contributed by atoms with van der Waals surface area (Å²) in [4.78, 5) is 26.6. The first-order valence-corrected chi connectivity index (χ1v) is 13.7. The van der Waals surface area contributed by atoms with Crippen LogP contribution in [0.5, 0.6) is 5.75 Å². The van der Waals surface area contributed by atoms with Crippen molar-refractivity contribution in [2.45, 2.75) is 31.5 Å². The lowest BCUT2D eigenvalue weighted by molar-refractivity contribution is -0.274. The van der Waals surface area contributed by atoms with E-state index < -0.39 is 12.3 Å². The molecule has 6 nitrogen and oxygen atoms in total. The summed E-state index contributed by atoms with van der Waals surface area (Å²) in [5.41, 5.74) is 6.13. The molecule has 0 fully saturated rings. The van der Waals surface area contributed by atoms with Gasteiger partial charge >= 0.3 is 12.3 Å². The van der Waals surface area contributed by atoms with Gasteiger partial charge < -0.3 is 20.1 Å². The number of hydrogen-bond acceptors (Lipinski definition) is 3. The average molecular weight is 587 g/mol. The highest BCUT2D eigenvalue weighted by atomic mass is 19.4. The van der Waals surface area contributed by atoms with Crippen molar-refractivity contribution in [2.24, 2.45) is 0 Å². The molecule has 3 N–H and O–H groups in total. The van der Waals surface area contributed by atoms with Gasteiger partial charge in [-0.1, -0.05) is 73.7 Å². The molecule has 0 spiro atoms. The molecule has 0 radical (unpaired) electrons. The number of ether oxygens (including phenoxy) is 1. The Morgan fingerprint density at radius 2 is 1.60 bits per heavy atom. The molecular formula is C34H29F3N2O4. The van der Waals surface area contributed by atoms with Crippen LogP contribution in [0.1, 0.15) is 52.2 Å². The molecule has 0 aliphatic carbocycles. The number of aromatic amines is 1. The first-order valence-electron chi connectivity index (χ1n) is 13.7. The normalized spacial score (nSPS) is 12.9. The standard InChI is InChI=1S/C34H29F3N2O4/c1-21(22-9-11-24(12-10-22)33(42)38-18-17-31(40)41)32(29-20-39-30-8-3-2-7-28(29)30)26-6-4-5-25(19-26)23-13-15-27(16-14-23)43-34(35,36)37/h2-16,19-21,32,39H,17-18H2,1H3,(H,38,42)(H,40,41). The summed E-state index contributed by atoms with van der Waals surface area (Å²) in [5, 5.41) is 12.5. The Morgan fingerprint density at radius 1 is 0.884 bits per heavy atom. The van der Waals surface area contributed by atoms with Gasteiger partial charge in [0.05, 0.1) is 6.42 Å². The average Bonchev–Trinajstić information content (AvgIpc) is 3.40. The summed E-state index contributed by atoms with van der Waals surface area (Å²) in [6.07, 6.45) is -2.91. The second kappa shape index (κ2) is 12.4. The molecule has 220 valence electrons. The van der Waals surface area contributed by atoms with E-state index in [4.69, 9.17) is 5.11 Å². The molecule has 9 heteroatoms. The number of hydrogen-bond donors (Lipinski definition) is 3. The molecule has 2 unspecified atom stereocenters. The number of H-pyrrole nitrogens is 1. The molecule has 1 amide bonds. The van der Waals surface area contributed by atoms with Gasteiger partial charge in [-0.3, -0.25) is 9.59 Å². The fraction of sp³-hybridized carbons (Fsp3) is 0.176. The van der Waals surface area contributed by atoms with E-state index in [2.05, 4.69) is 28.0 Å². The number of carboxylic acid groups (broad SMARTS) is 1. The lowest BCUT2D eigenvalue weighted by atomic mass is 9.77. The Bertz CT molecular complexity index is 1730. The van der Waals surface area contributed by atoms with Gasteiger partial charge in [-0.15, -0.1) is 13.2 Å². The highest BCUT2D eigenvalue weighted by Gasteiger charge is 2.31. The number of carbonyl (C=O) groups is 2. The van der Waals surface area contributed by atoms with E-state index in [1.165, 1.54) is 12.1 Å². The van der Waals surface area contributed by atoms with E-state index >= 15 is 0 Å². The first kappa shape index (κ1) is 29.4. The smallest absolute Gasteiger partial charge is 0.481 e. The minimum Gasteiger partial charge on any atom is -0.481 e. The summed E-state index contributed by atoms with van der Waals surface area (Å²) in [6, 6.07) is 29.0. The van der Waals surface area contributed by atoms with Crippen LogP contribution in [-0.2, 0) is 4.79 Å². The van der Waals surface area contributed by atoms with E-state index in [0.29, 0.717) is 5.56 Å². The number of carbonyl (C=O) groups excluding carboxylic acids is 1. The molecule has 0 aliphatic heterocycles. The Hall–Kier alpha value is -5.05. The summed E-state index contributed by atoms with van der Waals surface area (Å²) in [5.74, 6) is -1.76. The number of alkyl halides is 3. The number of amides is 1. The zero-order chi connectivity index (χ0) is 30.6. The summed E-state index contributed by atoms with van der Waals surface area (Å²) in [6.45, 7) is 2.16. The SMILES string of the molecule is CC(c1ccc(C(=O)NCCC(=O)O)cc1)C(c1cccc(-c2ccc(OC(F)(F)F)cc2)c1)c1c[nH]c2ccccc12. The number of fused-ring (bicyclic) bond motifs is 1. The van der Waals surface area contributed by atoms with Crippen molar-refractivity contribution >= 4 is 22.8 Å². The second-order valence-electron chi connectivity index (χ2n) is 10.3. The third kappa shape index (κ3) is 7.06. The number of aromatic nitrogens is 1. The highest BCUT2D eigenvalue weighted by Crippen LogP contribution is 2.42. The Labute approximate surface area is 246 Å².